The smallest absolute Gasteiger partial charge is 0.261 e. The number of imide groups is 1. The van der Waals surface area contributed by atoms with Crippen molar-refractivity contribution in [2.45, 2.75) is 19.9 Å². The molecule has 2 aromatic carbocycles. The monoisotopic (exact) mass is 306 g/mol. The van der Waals surface area contributed by atoms with Crippen molar-refractivity contribution >= 4 is 18.0 Å². The van der Waals surface area contributed by atoms with Gasteiger partial charge in [-0.25, -0.2) is 0 Å². The quantitative estimate of drug-likeness (QED) is 0.644. The second-order valence-electron chi connectivity index (χ2n) is 5.75. The molecule has 1 unspecified atom stereocenters. The zero-order valence-corrected chi connectivity index (χ0v) is 13.2. The lowest BCUT2D eigenvalue weighted by Gasteiger charge is -2.16. The number of amides is 2. The molecule has 0 aliphatic carbocycles. The van der Waals surface area contributed by atoms with E-state index in [2.05, 4.69) is 4.99 Å². The normalized spacial score (nSPS) is 15.3. The van der Waals surface area contributed by atoms with E-state index in [-0.39, 0.29) is 24.4 Å². The van der Waals surface area contributed by atoms with Crippen LogP contribution in [0.5, 0.6) is 0 Å². The fourth-order valence-electron chi connectivity index (χ4n) is 2.66. The third-order valence-electron chi connectivity index (χ3n) is 3.98. The van der Waals surface area contributed by atoms with Crippen LogP contribution in [-0.4, -0.2) is 35.5 Å². The van der Waals surface area contributed by atoms with Crippen LogP contribution in [0.4, 0.5) is 0 Å². The molecule has 0 bridgehead atoms. The van der Waals surface area contributed by atoms with Gasteiger partial charge in [0.25, 0.3) is 11.8 Å². The molecule has 4 nitrogen and oxygen atoms in total. The second-order valence-corrected chi connectivity index (χ2v) is 5.75. The van der Waals surface area contributed by atoms with Gasteiger partial charge in [0.15, 0.2) is 0 Å². The third-order valence-corrected chi connectivity index (χ3v) is 3.98. The molecule has 0 N–H and O–H groups in total. The van der Waals surface area contributed by atoms with Gasteiger partial charge in [-0.2, -0.15) is 0 Å². The lowest BCUT2D eigenvalue weighted by Crippen LogP contribution is -2.35. The maximum absolute atomic E-state index is 12.3. The summed E-state index contributed by atoms with van der Waals surface area (Å²) in [4.78, 5) is 30.4. The highest BCUT2D eigenvalue weighted by Crippen LogP contribution is 2.22. The first-order valence-electron chi connectivity index (χ1n) is 7.62. The van der Waals surface area contributed by atoms with E-state index in [4.69, 9.17) is 0 Å². The molecule has 1 atom stereocenters. The first kappa shape index (κ1) is 15.2. The fraction of sp³-hybridized carbons (Fsp3) is 0.211. The van der Waals surface area contributed by atoms with E-state index in [0.717, 1.165) is 11.1 Å². The molecule has 1 aliphatic rings. The Morgan fingerprint density at radius 2 is 1.57 bits per heavy atom. The van der Waals surface area contributed by atoms with Gasteiger partial charge in [-0.1, -0.05) is 36.4 Å². The third kappa shape index (κ3) is 2.93. The van der Waals surface area contributed by atoms with E-state index in [9.17, 15) is 9.59 Å². The summed E-state index contributed by atoms with van der Waals surface area (Å²) in [6.07, 6.45) is 1.80. The number of aryl methyl sites for hydroxylation is 1. The molecule has 116 valence electrons. The molecule has 2 amide bonds. The van der Waals surface area contributed by atoms with Gasteiger partial charge in [-0.15, -0.1) is 0 Å². The van der Waals surface area contributed by atoms with Crippen molar-refractivity contribution in [1.29, 1.82) is 0 Å². The first-order valence-corrected chi connectivity index (χ1v) is 7.62. The predicted octanol–water partition coefficient (Wildman–Crippen LogP) is 3.10. The van der Waals surface area contributed by atoms with Crippen molar-refractivity contribution in [3.63, 3.8) is 0 Å². The molecule has 1 aliphatic heterocycles. The highest BCUT2D eigenvalue weighted by atomic mass is 16.2. The minimum atomic E-state index is -0.233. The molecule has 0 saturated carbocycles. The summed E-state index contributed by atoms with van der Waals surface area (Å²) >= 11 is 0. The summed E-state index contributed by atoms with van der Waals surface area (Å²) in [6.45, 7) is 4.21. The maximum atomic E-state index is 12.3. The number of fused-ring (bicyclic) bond motifs is 1. The molecule has 0 saturated heterocycles. The summed E-state index contributed by atoms with van der Waals surface area (Å²) in [5, 5.41) is 0. The maximum Gasteiger partial charge on any atom is 0.261 e. The molecule has 0 radical (unpaired) electrons. The lowest BCUT2D eigenvalue weighted by atomic mass is 10.1. The predicted molar refractivity (Wildman–Crippen MR) is 90.0 cm³/mol. The number of rotatable bonds is 4. The molecule has 1 heterocycles. The SMILES string of the molecule is Cc1ccccc1/C=N/C(C)CN1C(=O)c2ccccc2C1=O. The lowest BCUT2D eigenvalue weighted by molar-refractivity contribution is 0.0647. The Balaban J connectivity index is 1.72. The van der Waals surface area contributed by atoms with Crippen molar-refractivity contribution in [3.8, 4) is 0 Å². The average molecular weight is 306 g/mol. The van der Waals surface area contributed by atoms with Gasteiger partial charge in [0.1, 0.15) is 0 Å². The molecule has 4 heteroatoms. The minimum absolute atomic E-state index is 0.156. The Labute approximate surface area is 135 Å². The van der Waals surface area contributed by atoms with Crippen LogP contribution in [0.15, 0.2) is 53.5 Å². The number of carbonyl (C=O) groups is 2. The Hall–Kier alpha value is -2.75. The van der Waals surface area contributed by atoms with Gasteiger partial charge >= 0.3 is 0 Å². The topological polar surface area (TPSA) is 49.7 Å². The van der Waals surface area contributed by atoms with E-state index in [1.165, 1.54) is 4.90 Å². The molecular formula is C19H18N2O2. The molecule has 2 aromatic rings. The van der Waals surface area contributed by atoms with Gasteiger partial charge < -0.3 is 0 Å². The molecule has 0 spiro atoms. The van der Waals surface area contributed by atoms with Crippen LogP contribution in [0, 0.1) is 6.92 Å². The molecule has 23 heavy (non-hydrogen) atoms. The number of hydrogen-bond acceptors (Lipinski definition) is 3. The highest BCUT2D eigenvalue weighted by Gasteiger charge is 2.35. The zero-order valence-electron chi connectivity index (χ0n) is 13.2. The van der Waals surface area contributed by atoms with Crippen LogP contribution in [0.2, 0.25) is 0 Å². The largest absolute Gasteiger partial charge is 0.288 e. The van der Waals surface area contributed by atoms with Crippen LogP contribution in [-0.2, 0) is 0 Å². The minimum Gasteiger partial charge on any atom is -0.288 e. The second kappa shape index (κ2) is 6.16. The number of carbonyl (C=O) groups excluding carboxylic acids is 2. The molecule has 3 rings (SSSR count). The van der Waals surface area contributed by atoms with Crippen LogP contribution in [0.3, 0.4) is 0 Å². The van der Waals surface area contributed by atoms with Crippen molar-refractivity contribution in [2.75, 3.05) is 6.54 Å². The van der Waals surface area contributed by atoms with Crippen molar-refractivity contribution in [1.82, 2.24) is 4.90 Å². The fourth-order valence-corrected chi connectivity index (χ4v) is 2.66. The van der Waals surface area contributed by atoms with Crippen LogP contribution >= 0.6 is 0 Å². The van der Waals surface area contributed by atoms with Crippen molar-refractivity contribution in [3.05, 3.63) is 70.8 Å². The number of benzene rings is 2. The highest BCUT2D eigenvalue weighted by molar-refractivity contribution is 6.21. The van der Waals surface area contributed by atoms with Gasteiger partial charge in [0.2, 0.25) is 0 Å². The van der Waals surface area contributed by atoms with E-state index < -0.39 is 0 Å². The average Bonchev–Trinajstić information content (AvgIpc) is 2.80. The number of aliphatic imine (C=N–C) groups is 1. The Bertz CT molecular complexity index is 760. The van der Waals surface area contributed by atoms with Crippen molar-refractivity contribution < 1.29 is 9.59 Å². The van der Waals surface area contributed by atoms with Crippen LogP contribution in [0.1, 0.15) is 38.8 Å². The molecule has 0 aromatic heterocycles. The van der Waals surface area contributed by atoms with E-state index in [1.54, 1.807) is 30.5 Å². The summed E-state index contributed by atoms with van der Waals surface area (Å²) in [5.74, 6) is -0.466. The summed E-state index contributed by atoms with van der Waals surface area (Å²) in [7, 11) is 0. The van der Waals surface area contributed by atoms with Gasteiger partial charge in [0, 0.05) is 6.21 Å². The summed E-state index contributed by atoms with van der Waals surface area (Å²) < 4.78 is 0. The van der Waals surface area contributed by atoms with Gasteiger partial charge in [-0.05, 0) is 37.1 Å². The van der Waals surface area contributed by atoms with Crippen molar-refractivity contribution in [2.24, 2.45) is 4.99 Å². The summed E-state index contributed by atoms with van der Waals surface area (Å²) in [6, 6.07) is 14.7. The van der Waals surface area contributed by atoms with Gasteiger partial charge in [0.05, 0.1) is 23.7 Å². The Morgan fingerprint density at radius 1 is 1.00 bits per heavy atom. The Kier molecular flexibility index (Phi) is 4.06. The van der Waals surface area contributed by atoms with E-state index in [0.29, 0.717) is 11.1 Å². The van der Waals surface area contributed by atoms with E-state index in [1.807, 2.05) is 38.1 Å². The van der Waals surface area contributed by atoms with Crippen LogP contribution in [0.25, 0.3) is 0 Å². The molecule has 0 fully saturated rings. The van der Waals surface area contributed by atoms with Crippen LogP contribution < -0.4 is 0 Å². The summed E-state index contributed by atoms with van der Waals surface area (Å²) in [5.41, 5.74) is 3.14. The number of hydrogen-bond donors (Lipinski definition) is 0. The van der Waals surface area contributed by atoms with E-state index >= 15 is 0 Å². The number of nitrogens with zero attached hydrogens (tertiary/aromatic N) is 2. The zero-order chi connectivity index (χ0) is 16.4. The van der Waals surface area contributed by atoms with Gasteiger partial charge in [-0.3, -0.25) is 19.5 Å². The molecular weight excluding hydrogens is 288 g/mol. The Morgan fingerprint density at radius 3 is 2.17 bits per heavy atom. The first-order chi connectivity index (χ1) is 11.1. The standard InChI is InChI=1S/C19H18N2O2/c1-13-7-3-4-8-15(13)11-20-14(2)12-21-18(22)16-9-5-6-10-17(16)19(21)23/h3-11,14H,12H2,1-2H3/b20-11+.